The fourth-order valence-electron chi connectivity index (χ4n) is 1.86. The highest BCUT2D eigenvalue weighted by molar-refractivity contribution is 5.64. The van der Waals surface area contributed by atoms with Crippen LogP contribution in [0.3, 0.4) is 0 Å². The van der Waals surface area contributed by atoms with Crippen LogP contribution in [0.5, 0.6) is 0 Å². The van der Waals surface area contributed by atoms with Crippen LogP contribution in [0.2, 0.25) is 0 Å². The van der Waals surface area contributed by atoms with Crippen LogP contribution in [0.15, 0.2) is 24.3 Å². The predicted octanol–water partition coefficient (Wildman–Crippen LogP) is 5.42. The lowest BCUT2D eigenvalue weighted by Crippen LogP contribution is -2.20. The van der Waals surface area contributed by atoms with Gasteiger partial charge in [0.25, 0.3) is 0 Å². The predicted molar refractivity (Wildman–Crippen MR) is 105 cm³/mol. The minimum atomic E-state index is -0.943. The summed E-state index contributed by atoms with van der Waals surface area (Å²) in [5, 5.41) is 17.1. The summed E-state index contributed by atoms with van der Waals surface area (Å²) >= 11 is 0. The van der Waals surface area contributed by atoms with Crippen molar-refractivity contribution in [3.05, 3.63) is 35.4 Å². The molecule has 4 nitrogen and oxygen atoms in total. The fraction of sp³-hybridized carbons (Fsp3) is 0.650. The third-order valence-corrected chi connectivity index (χ3v) is 3.09. The third-order valence-electron chi connectivity index (χ3n) is 3.09. The van der Waals surface area contributed by atoms with E-state index in [1.165, 1.54) is 43.2 Å². The van der Waals surface area contributed by atoms with Crippen molar-refractivity contribution in [2.75, 3.05) is 13.7 Å². The Morgan fingerprint density at radius 2 is 1.58 bits per heavy atom. The Bertz CT molecular complexity index is 368. The van der Waals surface area contributed by atoms with E-state index in [4.69, 9.17) is 10.2 Å². The van der Waals surface area contributed by atoms with Crippen LogP contribution in [-0.4, -0.2) is 30.0 Å². The molecule has 0 saturated carbocycles. The molecular weight excluding hydrogens is 302 g/mol. The van der Waals surface area contributed by atoms with E-state index in [9.17, 15) is 4.79 Å². The van der Waals surface area contributed by atoms with Crippen LogP contribution in [0.25, 0.3) is 0 Å². The molecule has 1 aromatic carbocycles. The quantitative estimate of drug-likeness (QED) is 0.580. The maximum atomic E-state index is 9.65. The molecule has 3 N–H and O–H groups in total. The molecule has 0 heterocycles. The van der Waals surface area contributed by atoms with Gasteiger partial charge in [0.15, 0.2) is 0 Å². The second-order valence-corrected chi connectivity index (χ2v) is 4.97. The number of rotatable bonds is 7. The number of hydrogen-bond donors (Lipinski definition) is 3. The van der Waals surface area contributed by atoms with Gasteiger partial charge in [0, 0.05) is 13.7 Å². The maximum Gasteiger partial charge on any atom is 0.404 e. The lowest BCUT2D eigenvalue weighted by atomic mass is 10.0. The lowest BCUT2D eigenvalue weighted by Gasteiger charge is -2.04. The van der Waals surface area contributed by atoms with Gasteiger partial charge in [-0.25, -0.2) is 4.79 Å². The van der Waals surface area contributed by atoms with Crippen LogP contribution >= 0.6 is 0 Å². The smallest absolute Gasteiger partial charge is 0.404 e. The fourth-order valence-corrected chi connectivity index (χ4v) is 1.86. The van der Waals surface area contributed by atoms with E-state index < -0.39 is 6.09 Å². The van der Waals surface area contributed by atoms with Crippen LogP contribution in [-0.2, 0) is 6.42 Å². The number of amides is 1. The molecule has 1 amide bonds. The zero-order chi connectivity index (χ0) is 19.2. The molecule has 0 fully saturated rings. The zero-order valence-corrected chi connectivity index (χ0v) is 16.6. The van der Waals surface area contributed by atoms with Crippen molar-refractivity contribution < 1.29 is 15.0 Å². The number of carbonyl (C=O) groups is 1. The number of aliphatic hydroxyl groups is 1. The van der Waals surface area contributed by atoms with Crippen molar-refractivity contribution in [1.82, 2.24) is 5.32 Å². The van der Waals surface area contributed by atoms with Crippen molar-refractivity contribution in [2.24, 2.45) is 0 Å². The molecule has 0 bridgehead atoms. The largest absolute Gasteiger partial charge is 0.465 e. The summed E-state index contributed by atoms with van der Waals surface area (Å²) in [6.07, 6.45) is 6.60. The SMILES string of the molecule is CC.CCCCCCc1ccccc1C.CCCNC(=O)O.CO. The molecule has 0 unspecified atom stereocenters. The molecule has 142 valence electrons. The average molecular weight is 342 g/mol. The molecule has 0 aliphatic carbocycles. The van der Waals surface area contributed by atoms with Gasteiger partial charge in [0.05, 0.1) is 0 Å². The van der Waals surface area contributed by atoms with Crippen LogP contribution in [0, 0.1) is 6.92 Å². The van der Waals surface area contributed by atoms with Gasteiger partial charge in [-0.15, -0.1) is 0 Å². The summed E-state index contributed by atoms with van der Waals surface area (Å²) in [7, 11) is 1.00. The molecule has 1 aromatic rings. The van der Waals surface area contributed by atoms with Crippen LogP contribution in [0.4, 0.5) is 4.79 Å². The van der Waals surface area contributed by atoms with Crippen molar-refractivity contribution in [3.63, 3.8) is 0 Å². The highest BCUT2D eigenvalue weighted by atomic mass is 16.4. The van der Waals surface area contributed by atoms with E-state index in [-0.39, 0.29) is 0 Å². The first-order valence-corrected chi connectivity index (χ1v) is 9.07. The Morgan fingerprint density at radius 3 is 2.00 bits per heavy atom. The van der Waals surface area contributed by atoms with Crippen molar-refractivity contribution in [1.29, 1.82) is 0 Å². The number of carboxylic acid groups (broad SMARTS) is 1. The molecule has 4 heteroatoms. The van der Waals surface area contributed by atoms with Crippen molar-refractivity contribution in [2.45, 2.75) is 73.1 Å². The molecule has 0 atom stereocenters. The van der Waals surface area contributed by atoms with E-state index in [1.54, 1.807) is 0 Å². The van der Waals surface area contributed by atoms with E-state index in [1.807, 2.05) is 20.8 Å². The summed E-state index contributed by atoms with van der Waals surface area (Å²) in [4.78, 5) is 9.65. The molecule has 0 aromatic heterocycles. The van der Waals surface area contributed by atoms with Crippen molar-refractivity contribution in [3.8, 4) is 0 Å². The molecule has 0 aliphatic rings. The average Bonchev–Trinajstić information content (AvgIpc) is 2.62. The summed E-state index contributed by atoms with van der Waals surface area (Å²) in [5.74, 6) is 0. The summed E-state index contributed by atoms with van der Waals surface area (Å²) in [6.45, 7) is 10.9. The number of unbranched alkanes of at least 4 members (excludes halogenated alkanes) is 3. The summed E-state index contributed by atoms with van der Waals surface area (Å²) < 4.78 is 0. The molecule has 0 aliphatic heterocycles. The molecule has 0 spiro atoms. The monoisotopic (exact) mass is 341 g/mol. The van der Waals surface area contributed by atoms with Gasteiger partial charge in [-0.05, 0) is 37.3 Å². The van der Waals surface area contributed by atoms with Crippen LogP contribution < -0.4 is 5.32 Å². The number of hydrogen-bond acceptors (Lipinski definition) is 2. The molecule has 0 radical (unpaired) electrons. The lowest BCUT2D eigenvalue weighted by molar-refractivity contribution is 0.194. The molecular formula is C20H39NO3. The minimum absolute atomic E-state index is 0.551. The molecule has 0 saturated heterocycles. The first kappa shape index (κ1) is 27.3. The van der Waals surface area contributed by atoms with Crippen molar-refractivity contribution >= 4 is 6.09 Å². The Morgan fingerprint density at radius 1 is 1.00 bits per heavy atom. The van der Waals surface area contributed by atoms with E-state index >= 15 is 0 Å². The third kappa shape index (κ3) is 20.5. The normalized spacial score (nSPS) is 8.46. The van der Waals surface area contributed by atoms with Crippen LogP contribution in [0.1, 0.15) is 70.9 Å². The van der Waals surface area contributed by atoms with Gasteiger partial charge in [-0.3, -0.25) is 0 Å². The van der Waals surface area contributed by atoms with Gasteiger partial charge in [0.1, 0.15) is 0 Å². The maximum absolute atomic E-state index is 9.65. The van der Waals surface area contributed by atoms with Gasteiger partial charge in [-0.2, -0.15) is 0 Å². The molecule has 1 rings (SSSR count). The first-order chi connectivity index (χ1) is 11.6. The Kier molecular flexibility index (Phi) is 27.0. The number of aliphatic hydroxyl groups excluding tert-OH is 1. The first-order valence-electron chi connectivity index (χ1n) is 9.07. The van der Waals surface area contributed by atoms with Gasteiger partial charge in [-0.1, -0.05) is 71.2 Å². The topological polar surface area (TPSA) is 69.6 Å². The Labute approximate surface area is 149 Å². The standard InChI is InChI=1S/C13H20.C4H9NO2.C2H6.CH4O/c1-3-4-5-6-10-13-11-8-7-9-12(13)2;1-2-3-5-4(6)7;2*1-2/h7-9,11H,3-6,10H2,1-2H3;5H,2-3H2,1H3,(H,6,7);1-2H3;2H,1H3. The summed E-state index contributed by atoms with van der Waals surface area (Å²) in [6, 6.07) is 8.71. The zero-order valence-electron chi connectivity index (χ0n) is 16.6. The number of aryl methyl sites for hydroxylation is 2. The second-order valence-electron chi connectivity index (χ2n) is 4.97. The molecule has 24 heavy (non-hydrogen) atoms. The van der Waals surface area contributed by atoms with E-state index in [2.05, 4.69) is 43.4 Å². The van der Waals surface area contributed by atoms with E-state index in [0.717, 1.165) is 13.5 Å². The Balaban J connectivity index is -0.000000341. The Hall–Kier alpha value is -1.55. The van der Waals surface area contributed by atoms with E-state index in [0.29, 0.717) is 6.54 Å². The van der Waals surface area contributed by atoms with Gasteiger partial charge in [0.2, 0.25) is 0 Å². The minimum Gasteiger partial charge on any atom is -0.465 e. The number of benzene rings is 1. The number of nitrogens with one attached hydrogen (secondary N) is 1. The highest BCUT2D eigenvalue weighted by Gasteiger charge is 1.95. The highest BCUT2D eigenvalue weighted by Crippen LogP contribution is 2.11. The van der Waals surface area contributed by atoms with Gasteiger partial charge < -0.3 is 15.5 Å². The summed E-state index contributed by atoms with van der Waals surface area (Å²) in [5.41, 5.74) is 2.97. The van der Waals surface area contributed by atoms with Gasteiger partial charge >= 0.3 is 6.09 Å². The second kappa shape index (κ2) is 23.7.